The zero-order valence-electron chi connectivity index (χ0n) is 11.0. The molecule has 0 unspecified atom stereocenters. The Morgan fingerprint density at radius 1 is 1.25 bits per heavy atom. The Hall–Kier alpha value is -1.35. The number of halogens is 3. The van der Waals surface area contributed by atoms with Gasteiger partial charge in [-0.25, -0.2) is 0 Å². The van der Waals surface area contributed by atoms with Gasteiger partial charge in [-0.05, 0) is 13.0 Å². The molecule has 1 fully saturated rings. The van der Waals surface area contributed by atoms with Gasteiger partial charge in [0.15, 0.2) is 0 Å². The third-order valence-corrected chi connectivity index (χ3v) is 2.89. The van der Waals surface area contributed by atoms with Crippen molar-refractivity contribution in [2.45, 2.75) is 19.0 Å². The van der Waals surface area contributed by atoms with Gasteiger partial charge in [0.1, 0.15) is 12.4 Å². The largest absolute Gasteiger partial charge is 0.411 e. The molecule has 2 heterocycles. The van der Waals surface area contributed by atoms with Crippen LogP contribution >= 0.6 is 0 Å². The minimum Gasteiger partial charge on any atom is -0.372 e. The molecule has 0 aromatic carbocycles. The smallest absolute Gasteiger partial charge is 0.372 e. The van der Waals surface area contributed by atoms with Crippen LogP contribution < -0.4 is 10.2 Å². The summed E-state index contributed by atoms with van der Waals surface area (Å²) >= 11 is 0. The van der Waals surface area contributed by atoms with Gasteiger partial charge in [0.2, 0.25) is 5.95 Å². The maximum absolute atomic E-state index is 11.9. The second-order valence-electron chi connectivity index (χ2n) is 4.59. The van der Waals surface area contributed by atoms with Crippen molar-refractivity contribution in [1.82, 2.24) is 20.5 Å². The molecule has 0 atom stereocenters. The zero-order valence-corrected chi connectivity index (χ0v) is 11.0. The molecule has 1 aliphatic rings. The average molecular weight is 293 g/mol. The molecule has 0 saturated carbocycles. The van der Waals surface area contributed by atoms with Gasteiger partial charge in [0.05, 0.1) is 6.61 Å². The van der Waals surface area contributed by atoms with Crippen molar-refractivity contribution < 1.29 is 17.9 Å². The normalized spacial score (nSPS) is 17.2. The first kappa shape index (κ1) is 15.0. The van der Waals surface area contributed by atoms with Crippen LogP contribution in [0.1, 0.15) is 12.2 Å². The molecule has 0 bridgehead atoms. The fraction of sp³-hybridized carbons (Fsp3) is 0.818. The van der Waals surface area contributed by atoms with Gasteiger partial charge in [-0.15, -0.1) is 5.10 Å². The van der Waals surface area contributed by atoms with Crippen LogP contribution in [-0.2, 0) is 11.2 Å². The lowest BCUT2D eigenvalue weighted by atomic mass is 10.4. The number of H-pyrrole nitrogens is 1. The molecule has 0 spiro atoms. The third-order valence-electron chi connectivity index (χ3n) is 2.89. The van der Waals surface area contributed by atoms with Crippen LogP contribution in [0.4, 0.5) is 19.1 Å². The van der Waals surface area contributed by atoms with Gasteiger partial charge in [0.25, 0.3) is 0 Å². The molecule has 0 amide bonds. The minimum absolute atomic E-state index is 0.0320. The highest BCUT2D eigenvalue weighted by Gasteiger charge is 2.27. The summed E-state index contributed by atoms with van der Waals surface area (Å²) in [6, 6.07) is 0. The van der Waals surface area contributed by atoms with Crippen LogP contribution in [0.2, 0.25) is 0 Å². The van der Waals surface area contributed by atoms with E-state index in [2.05, 4.69) is 30.1 Å². The minimum atomic E-state index is -4.29. The molecule has 2 rings (SSSR count). The molecule has 1 aromatic heterocycles. The topological polar surface area (TPSA) is 66.1 Å². The fourth-order valence-electron chi connectivity index (χ4n) is 1.94. The lowest BCUT2D eigenvalue weighted by molar-refractivity contribution is -0.173. The molecule has 0 aliphatic carbocycles. The Morgan fingerprint density at radius 3 is 2.90 bits per heavy atom. The third kappa shape index (κ3) is 4.97. The monoisotopic (exact) mass is 293 g/mol. The molecule has 114 valence electrons. The lowest BCUT2D eigenvalue weighted by Gasteiger charge is -2.16. The first-order chi connectivity index (χ1) is 9.54. The zero-order chi connectivity index (χ0) is 14.4. The fourth-order valence-corrected chi connectivity index (χ4v) is 1.94. The number of aromatic amines is 1. The summed E-state index contributed by atoms with van der Waals surface area (Å²) in [5.74, 6) is 1.14. The Labute approximate surface area is 114 Å². The Bertz CT molecular complexity index is 401. The van der Waals surface area contributed by atoms with Crippen molar-refractivity contribution >= 4 is 5.95 Å². The SMILES string of the molecule is FC(F)(F)COCCc1nc(N2CCCNCC2)n[nH]1. The summed E-state index contributed by atoms with van der Waals surface area (Å²) < 4.78 is 40.2. The standard InChI is InChI=1S/C11H18F3N5O/c12-11(13,14)8-20-7-2-9-16-10(18-17-9)19-5-1-3-15-4-6-19/h15H,1-8H2,(H,16,17,18). The number of alkyl halides is 3. The highest BCUT2D eigenvalue weighted by molar-refractivity contribution is 5.28. The van der Waals surface area contributed by atoms with E-state index in [1.54, 1.807) is 0 Å². The van der Waals surface area contributed by atoms with Crippen molar-refractivity contribution in [2.24, 2.45) is 0 Å². The predicted molar refractivity (Wildman–Crippen MR) is 66.7 cm³/mol. The van der Waals surface area contributed by atoms with Gasteiger partial charge in [-0.2, -0.15) is 18.2 Å². The van der Waals surface area contributed by atoms with E-state index in [4.69, 9.17) is 0 Å². The molecule has 1 saturated heterocycles. The van der Waals surface area contributed by atoms with E-state index in [1.807, 2.05) is 0 Å². The van der Waals surface area contributed by atoms with Crippen molar-refractivity contribution in [1.29, 1.82) is 0 Å². The second kappa shape index (κ2) is 6.89. The second-order valence-corrected chi connectivity index (χ2v) is 4.59. The maximum atomic E-state index is 11.9. The number of ether oxygens (including phenoxy) is 1. The summed E-state index contributed by atoms with van der Waals surface area (Å²) in [4.78, 5) is 6.33. The summed E-state index contributed by atoms with van der Waals surface area (Å²) in [6.45, 7) is 2.27. The quantitative estimate of drug-likeness (QED) is 0.783. The lowest BCUT2D eigenvalue weighted by Crippen LogP contribution is -2.28. The average Bonchev–Trinajstić information content (AvgIpc) is 2.67. The summed E-state index contributed by atoms with van der Waals surface area (Å²) in [5.41, 5.74) is 0. The number of anilines is 1. The summed E-state index contributed by atoms with van der Waals surface area (Å²) in [6.07, 6.45) is -2.99. The molecule has 1 aliphatic heterocycles. The Balaban J connectivity index is 1.77. The van der Waals surface area contributed by atoms with Crippen molar-refractivity contribution in [2.75, 3.05) is 44.3 Å². The number of hydrogen-bond acceptors (Lipinski definition) is 5. The Kier molecular flexibility index (Phi) is 5.18. The van der Waals surface area contributed by atoms with Gasteiger partial charge in [-0.1, -0.05) is 0 Å². The summed E-state index contributed by atoms with van der Waals surface area (Å²) in [5, 5.41) is 10.1. The van der Waals surface area contributed by atoms with Gasteiger partial charge in [0, 0.05) is 26.1 Å². The van der Waals surface area contributed by atoms with Crippen molar-refractivity contribution in [3.63, 3.8) is 0 Å². The highest BCUT2D eigenvalue weighted by atomic mass is 19.4. The van der Waals surface area contributed by atoms with E-state index < -0.39 is 12.8 Å². The van der Waals surface area contributed by atoms with Crippen LogP contribution in [0.25, 0.3) is 0 Å². The van der Waals surface area contributed by atoms with Gasteiger partial charge >= 0.3 is 6.18 Å². The van der Waals surface area contributed by atoms with Crippen LogP contribution in [0.5, 0.6) is 0 Å². The van der Waals surface area contributed by atoms with E-state index in [-0.39, 0.29) is 13.0 Å². The van der Waals surface area contributed by atoms with Crippen molar-refractivity contribution in [3.05, 3.63) is 5.82 Å². The number of nitrogens with one attached hydrogen (secondary N) is 2. The van der Waals surface area contributed by atoms with E-state index in [9.17, 15) is 13.2 Å². The molecule has 9 heteroatoms. The van der Waals surface area contributed by atoms with E-state index >= 15 is 0 Å². The van der Waals surface area contributed by atoms with Gasteiger partial charge < -0.3 is 15.0 Å². The number of rotatable bonds is 5. The summed E-state index contributed by atoms with van der Waals surface area (Å²) in [7, 11) is 0. The van der Waals surface area contributed by atoms with E-state index in [0.717, 1.165) is 32.6 Å². The molecule has 0 radical (unpaired) electrons. The molecule has 6 nitrogen and oxygen atoms in total. The van der Waals surface area contributed by atoms with Crippen LogP contribution in [0.3, 0.4) is 0 Å². The number of nitrogens with zero attached hydrogens (tertiary/aromatic N) is 3. The van der Waals surface area contributed by atoms with Gasteiger partial charge in [-0.3, -0.25) is 5.10 Å². The molecule has 2 N–H and O–H groups in total. The predicted octanol–water partition coefficient (Wildman–Crippen LogP) is 0.726. The van der Waals surface area contributed by atoms with Crippen LogP contribution in [0.15, 0.2) is 0 Å². The maximum Gasteiger partial charge on any atom is 0.411 e. The Morgan fingerprint density at radius 2 is 2.10 bits per heavy atom. The molecule has 20 heavy (non-hydrogen) atoms. The van der Waals surface area contributed by atoms with E-state index in [0.29, 0.717) is 11.8 Å². The van der Waals surface area contributed by atoms with Crippen LogP contribution in [0, 0.1) is 0 Å². The van der Waals surface area contributed by atoms with Crippen molar-refractivity contribution in [3.8, 4) is 0 Å². The first-order valence-corrected chi connectivity index (χ1v) is 6.56. The number of hydrogen-bond donors (Lipinski definition) is 2. The van der Waals surface area contributed by atoms with E-state index in [1.165, 1.54) is 0 Å². The molecular weight excluding hydrogens is 275 g/mol. The number of aromatic nitrogens is 3. The van der Waals surface area contributed by atoms with Crippen LogP contribution in [-0.4, -0.2) is 60.8 Å². The highest BCUT2D eigenvalue weighted by Crippen LogP contribution is 2.14. The first-order valence-electron chi connectivity index (χ1n) is 6.56. The molecular formula is C11H18F3N5O. The molecule has 1 aromatic rings.